The highest BCUT2D eigenvalue weighted by Crippen LogP contribution is 2.40. The van der Waals surface area contributed by atoms with Gasteiger partial charge in [-0.1, -0.05) is 32.6 Å². The van der Waals surface area contributed by atoms with Crippen LogP contribution in [0.2, 0.25) is 0 Å². The van der Waals surface area contributed by atoms with Crippen molar-refractivity contribution in [3.8, 4) is 10.6 Å². The van der Waals surface area contributed by atoms with Crippen molar-refractivity contribution in [3.05, 3.63) is 16.1 Å². The van der Waals surface area contributed by atoms with Crippen molar-refractivity contribution in [2.24, 2.45) is 0 Å². The molecule has 0 spiro atoms. The van der Waals surface area contributed by atoms with Crippen molar-refractivity contribution in [1.29, 1.82) is 0 Å². The summed E-state index contributed by atoms with van der Waals surface area (Å²) in [6, 6.07) is 0. The van der Waals surface area contributed by atoms with Crippen molar-refractivity contribution < 1.29 is 0 Å². The number of nitrogens with two attached hydrogens (primary N) is 1. The molecule has 3 nitrogen and oxygen atoms in total. The Morgan fingerprint density at radius 2 is 2.05 bits per heavy atom. The van der Waals surface area contributed by atoms with Crippen LogP contribution in [-0.2, 0) is 6.42 Å². The lowest BCUT2D eigenvalue weighted by Crippen LogP contribution is -2.04. The van der Waals surface area contributed by atoms with E-state index in [0.29, 0.717) is 11.0 Å². The highest BCUT2D eigenvalue weighted by molar-refractivity contribution is 7.16. The molecule has 0 radical (unpaired) electrons. The Morgan fingerprint density at radius 3 is 2.70 bits per heavy atom. The van der Waals surface area contributed by atoms with Crippen molar-refractivity contribution in [2.45, 2.75) is 57.8 Å². The fourth-order valence-electron chi connectivity index (χ4n) is 2.89. The second-order valence-electron chi connectivity index (χ2n) is 5.48. The summed E-state index contributed by atoms with van der Waals surface area (Å²) < 4.78 is 0. The summed E-state index contributed by atoms with van der Waals surface area (Å²) in [5.41, 5.74) is 8.03. The lowest BCUT2D eigenvalue weighted by Gasteiger charge is -2.18. The van der Waals surface area contributed by atoms with Crippen molar-refractivity contribution in [1.82, 2.24) is 9.97 Å². The van der Waals surface area contributed by atoms with Gasteiger partial charge in [0.25, 0.3) is 0 Å². The number of anilines is 1. The van der Waals surface area contributed by atoms with E-state index in [4.69, 9.17) is 10.7 Å². The zero-order chi connectivity index (χ0) is 13.9. The molecule has 1 fully saturated rings. The minimum atomic E-state index is 0.648. The highest BCUT2D eigenvalue weighted by Gasteiger charge is 2.22. The third-order valence-corrected chi connectivity index (χ3v) is 5.87. The van der Waals surface area contributed by atoms with Gasteiger partial charge in [-0.25, -0.2) is 9.97 Å². The van der Waals surface area contributed by atoms with E-state index >= 15 is 0 Å². The van der Waals surface area contributed by atoms with E-state index in [1.54, 1.807) is 0 Å². The molecule has 2 aromatic heterocycles. The van der Waals surface area contributed by atoms with Gasteiger partial charge < -0.3 is 5.73 Å². The van der Waals surface area contributed by atoms with Gasteiger partial charge in [0, 0.05) is 11.3 Å². The maximum Gasteiger partial charge on any atom is 0.180 e. The zero-order valence-corrected chi connectivity index (χ0v) is 13.5. The number of rotatable bonds is 4. The summed E-state index contributed by atoms with van der Waals surface area (Å²) in [6.07, 6.45) is 8.86. The molecule has 3 rings (SSSR count). The van der Waals surface area contributed by atoms with Gasteiger partial charge in [-0.15, -0.1) is 22.7 Å². The fraction of sp³-hybridized carbons (Fsp3) is 0.600. The van der Waals surface area contributed by atoms with Crippen LogP contribution in [0.5, 0.6) is 0 Å². The third kappa shape index (κ3) is 2.88. The summed E-state index contributed by atoms with van der Waals surface area (Å²) in [7, 11) is 0. The average molecular weight is 307 g/mol. The Kier molecular flexibility index (Phi) is 4.36. The topological polar surface area (TPSA) is 51.8 Å². The molecule has 1 aliphatic carbocycles. The van der Waals surface area contributed by atoms with Crippen LogP contribution in [-0.4, -0.2) is 9.97 Å². The van der Waals surface area contributed by atoms with Crippen LogP contribution in [0.15, 0.2) is 5.38 Å². The van der Waals surface area contributed by atoms with E-state index in [9.17, 15) is 0 Å². The summed E-state index contributed by atoms with van der Waals surface area (Å²) in [6.45, 7) is 2.21. The molecule has 2 N–H and O–H groups in total. The largest absolute Gasteiger partial charge is 0.375 e. The van der Waals surface area contributed by atoms with Crippen LogP contribution >= 0.6 is 22.7 Å². The summed E-state index contributed by atoms with van der Waals surface area (Å²) >= 11 is 3.37. The molecule has 0 saturated heterocycles. The molecule has 2 aromatic rings. The number of aromatic nitrogens is 2. The van der Waals surface area contributed by atoms with Crippen LogP contribution in [0.1, 0.15) is 62.1 Å². The first-order chi connectivity index (χ1) is 9.78. The smallest absolute Gasteiger partial charge is 0.180 e. The summed E-state index contributed by atoms with van der Waals surface area (Å²) in [4.78, 5) is 10.7. The van der Waals surface area contributed by atoms with Gasteiger partial charge in [0.1, 0.15) is 0 Å². The first-order valence-corrected chi connectivity index (χ1v) is 9.18. The summed E-state index contributed by atoms with van der Waals surface area (Å²) in [5.74, 6) is 0.675. The van der Waals surface area contributed by atoms with E-state index < -0.39 is 0 Å². The molecule has 0 bridgehead atoms. The molecule has 108 valence electrons. The van der Waals surface area contributed by atoms with Gasteiger partial charge in [-0.05, 0) is 19.3 Å². The lowest BCUT2D eigenvalue weighted by molar-refractivity contribution is 0.442. The second kappa shape index (κ2) is 6.22. The van der Waals surface area contributed by atoms with Gasteiger partial charge in [0.15, 0.2) is 5.13 Å². The quantitative estimate of drug-likeness (QED) is 0.878. The van der Waals surface area contributed by atoms with Gasteiger partial charge in [-0.2, -0.15) is 0 Å². The van der Waals surface area contributed by atoms with E-state index in [2.05, 4.69) is 17.3 Å². The Labute approximate surface area is 128 Å². The maximum atomic E-state index is 5.78. The number of hydrogen-bond donors (Lipinski definition) is 1. The van der Waals surface area contributed by atoms with Gasteiger partial charge >= 0.3 is 0 Å². The maximum absolute atomic E-state index is 5.78. The van der Waals surface area contributed by atoms with Gasteiger partial charge in [0.2, 0.25) is 0 Å². The monoisotopic (exact) mass is 307 g/mol. The Hall–Kier alpha value is -0.940. The fourth-order valence-corrected chi connectivity index (χ4v) is 4.76. The molecule has 0 unspecified atom stereocenters. The molecular weight excluding hydrogens is 286 g/mol. The van der Waals surface area contributed by atoms with E-state index in [1.165, 1.54) is 59.0 Å². The summed E-state index contributed by atoms with van der Waals surface area (Å²) in [5, 5.41) is 4.04. The normalized spacial score (nSPS) is 16.6. The molecule has 0 amide bonds. The Balaban J connectivity index is 1.93. The van der Waals surface area contributed by atoms with Crippen LogP contribution in [0, 0.1) is 0 Å². The Bertz CT molecular complexity index is 567. The molecular formula is C15H21N3S2. The molecule has 0 aliphatic heterocycles. The third-order valence-electron chi connectivity index (χ3n) is 3.91. The number of aryl methyl sites for hydroxylation is 1. The predicted octanol–water partition coefficient (Wildman–Crippen LogP) is 4.85. The molecule has 0 atom stereocenters. The van der Waals surface area contributed by atoms with Gasteiger partial charge in [-0.3, -0.25) is 0 Å². The molecule has 5 heteroatoms. The predicted molar refractivity (Wildman–Crippen MR) is 87.5 cm³/mol. The SMILES string of the molecule is CCCc1nc(C2CCCCC2)sc1-c1csc(N)n1. The second-order valence-corrected chi connectivity index (χ2v) is 7.40. The average Bonchev–Trinajstić information content (AvgIpc) is 3.07. The van der Waals surface area contributed by atoms with Crippen LogP contribution < -0.4 is 5.73 Å². The standard InChI is InChI=1S/C15H21N3S2/c1-2-6-11-13(12-9-19-15(16)18-12)20-14(17-11)10-7-4-3-5-8-10/h9-10H,2-8H2,1H3,(H2,16,18). The minimum absolute atomic E-state index is 0.648. The Morgan fingerprint density at radius 1 is 1.25 bits per heavy atom. The lowest BCUT2D eigenvalue weighted by atomic mass is 9.90. The van der Waals surface area contributed by atoms with Crippen molar-refractivity contribution in [3.63, 3.8) is 0 Å². The van der Waals surface area contributed by atoms with E-state index in [0.717, 1.165) is 18.5 Å². The zero-order valence-electron chi connectivity index (χ0n) is 11.9. The van der Waals surface area contributed by atoms with Crippen molar-refractivity contribution in [2.75, 3.05) is 5.73 Å². The molecule has 0 aromatic carbocycles. The molecule has 2 heterocycles. The van der Waals surface area contributed by atoms with Crippen LogP contribution in [0.25, 0.3) is 10.6 Å². The number of nitrogen functional groups attached to an aromatic ring is 1. The van der Waals surface area contributed by atoms with Gasteiger partial charge in [0.05, 0.1) is 21.3 Å². The number of nitrogens with zero attached hydrogens (tertiary/aromatic N) is 2. The van der Waals surface area contributed by atoms with Crippen molar-refractivity contribution >= 4 is 27.8 Å². The minimum Gasteiger partial charge on any atom is -0.375 e. The highest BCUT2D eigenvalue weighted by atomic mass is 32.1. The molecule has 1 aliphatic rings. The number of hydrogen-bond acceptors (Lipinski definition) is 5. The van der Waals surface area contributed by atoms with Crippen LogP contribution in [0.4, 0.5) is 5.13 Å². The number of thiazole rings is 2. The molecule has 1 saturated carbocycles. The molecule has 20 heavy (non-hydrogen) atoms. The van der Waals surface area contributed by atoms with E-state index in [1.807, 2.05) is 11.3 Å². The van der Waals surface area contributed by atoms with Crippen LogP contribution in [0.3, 0.4) is 0 Å². The first kappa shape index (κ1) is 14.0. The first-order valence-electron chi connectivity index (χ1n) is 7.49. The van der Waals surface area contributed by atoms with E-state index in [-0.39, 0.29) is 0 Å².